The summed E-state index contributed by atoms with van der Waals surface area (Å²) in [6.07, 6.45) is 2.54. The molecule has 0 radical (unpaired) electrons. The highest BCUT2D eigenvalue weighted by Crippen LogP contribution is 2.14. The first-order chi connectivity index (χ1) is 11.1. The maximum Gasteiger partial charge on any atom is 0.407 e. The van der Waals surface area contributed by atoms with Gasteiger partial charge in [-0.3, -0.25) is 4.79 Å². The normalized spacial score (nSPS) is 15.3. The molecule has 0 spiro atoms. The van der Waals surface area contributed by atoms with Crippen LogP contribution in [-0.2, 0) is 16.0 Å². The van der Waals surface area contributed by atoms with Crippen molar-refractivity contribution in [3.63, 3.8) is 0 Å². The highest BCUT2D eigenvalue weighted by atomic mass is 16.5. The largest absolute Gasteiger partial charge is 0.450 e. The summed E-state index contributed by atoms with van der Waals surface area (Å²) in [6.45, 7) is 5.64. The number of rotatable bonds is 5. The monoisotopic (exact) mass is 318 g/mol. The number of aryl methyl sites for hydroxylation is 2. The molecule has 0 unspecified atom stereocenters. The number of carbonyl (C=O) groups excluding carboxylic acids is 2. The number of carbonyl (C=O) groups is 2. The number of nitrogens with one attached hydrogen (secondary N) is 1. The van der Waals surface area contributed by atoms with Crippen LogP contribution in [0.3, 0.4) is 0 Å². The molecule has 2 amide bonds. The van der Waals surface area contributed by atoms with Crippen molar-refractivity contribution < 1.29 is 14.3 Å². The molecule has 1 aromatic carbocycles. The lowest BCUT2D eigenvalue weighted by atomic mass is 10.0. The van der Waals surface area contributed by atoms with Crippen LogP contribution >= 0.6 is 0 Å². The van der Waals surface area contributed by atoms with Gasteiger partial charge in [0, 0.05) is 25.6 Å². The molecule has 1 N–H and O–H groups in total. The number of ether oxygens (including phenoxy) is 1. The van der Waals surface area contributed by atoms with Gasteiger partial charge in [-0.1, -0.05) is 24.3 Å². The highest BCUT2D eigenvalue weighted by Gasteiger charge is 2.23. The Labute approximate surface area is 138 Å². The van der Waals surface area contributed by atoms with Gasteiger partial charge in [0.25, 0.3) is 0 Å². The standard InChI is InChI=1S/C18H26N2O3/c1-3-23-18(22)19-16-10-12-20(13-11-16)17(21)9-8-15-7-5-4-6-14(15)2/h4-7,16H,3,8-13H2,1-2H3,(H,19,22). The molecule has 1 heterocycles. The molecule has 0 bridgehead atoms. The van der Waals surface area contributed by atoms with E-state index in [0.29, 0.717) is 26.1 Å². The molecule has 0 atom stereocenters. The average molecular weight is 318 g/mol. The highest BCUT2D eigenvalue weighted by molar-refractivity contribution is 5.76. The van der Waals surface area contributed by atoms with Crippen molar-refractivity contribution in [1.29, 1.82) is 0 Å². The second-order valence-corrected chi connectivity index (χ2v) is 5.95. The molecule has 5 heteroatoms. The quantitative estimate of drug-likeness (QED) is 0.908. The van der Waals surface area contributed by atoms with Gasteiger partial charge in [-0.15, -0.1) is 0 Å². The number of hydrogen-bond donors (Lipinski definition) is 1. The van der Waals surface area contributed by atoms with Crippen molar-refractivity contribution in [3.05, 3.63) is 35.4 Å². The third kappa shape index (κ3) is 5.27. The van der Waals surface area contributed by atoms with Crippen LogP contribution in [0, 0.1) is 6.92 Å². The van der Waals surface area contributed by atoms with E-state index >= 15 is 0 Å². The molecule has 1 aliphatic rings. The van der Waals surface area contributed by atoms with Gasteiger partial charge in [-0.2, -0.15) is 0 Å². The van der Waals surface area contributed by atoms with Crippen LogP contribution in [0.4, 0.5) is 4.79 Å². The van der Waals surface area contributed by atoms with Gasteiger partial charge in [-0.25, -0.2) is 4.79 Å². The van der Waals surface area contributed by atoms with E-state index in [0.717, 1.165) is 19.3 Å². The second-order valence-electron chi connectivity index (χ2n) is 5.95. The van der Waals surface area contributed by atoms with Gasteiger partial charge >= 0.3 is 6.09 Å². The first kappa shape index (κ1) is 17.3. The maximum absolute atomic E-state index is 12.3. The molecule has 1 aromatic rings. The Kier molecular flexibility index (Phi) is 6.44. The van der Waals surface area contributed by atoms with Gasteiger partial charge in [0.2, 0.25) is 5.91 Å². The summed E-state index contributed by atoms with van der Waals surface area (Å²) < 4.78 is 4.89. The Bertz CT molecular complexity index is 537. The number of benzene rings is 1. The predicted octanol–water partition coefficient (Wildman–Crippen LogP) is 2.66. The van der Waals surface area contributed by atoms with Crippen molar-refractivity contribution in [2.75, 3.05) is 19.7 Å². The minimum atomic E-state index is -0.364. The second kappa shape index (κ2) is 8.56. The molecular formula is C18H26N2O3. The third-order valence-electron chi connectivity index (χ3n) is 4.31. The van der Waals surface area contributed by atoms with Crippen LogP contribution < -0.4 is 5.32 Å². The van der Waals surface area contributed by atoms with Crippen LogP contribution in [0.2, 0.25) is 0 Å². The Balaban J connectivity index is 1.73. The molecule has 1 aliphatic heterocycles. The van der Waals surface area contributed by atoms with Gasteiger partial charge in [0.1, 0.15) is 0 Å². The van der Waals surface area contributed by atoms with Crippen molar-refractivity contribution >= 4 is 12.0 Å². The molecule has 1 fully saturated rings. The van der Waals surface area contributed by atoms with E-state index in [1.165, 1.54) is 11.1 Å². The summed E-state index contributed by atoms with van der Waals surface area (Å²) in [5.41, 5.74) is 2.47. The fourth-order valence-corrected chi connectivity index (χ4v) is 2.90. The van der Waals surface area contributed by atoms with E-state index in [1.807, 2.05) is 17.0 Å². The Morgan fingerprint density at radius 3 is 2.61 bits per heavy atom. The molecule has 2 rings (SSSR count). The zero-order chi connectivity index (χ0) is 16.7. The van der Waals surface area contributed by atoms with Crippen LogP contribution in [0.1, 0.15) is 37.3 Å². The predicted molar refractivity (Wildman–Crippen MR) is 89.3 cm³/mol. The van der Waals surface area contributed by atoms with Gasteiger partial charge in [-0.05, 0) is 44.2 Å². The van der Waals surface area contributed by atoms with E-state index in [1.54, 1.807) is 6.92 Å². The smallest absolute Gasteiger partial charge is 0.407 e. The number of nitrogens with zero attached hydrogens (tertiary/aromatic N) is 1. The first-order valence-corrected chi connectivity index (χ1v) is 8.35. The maximum atomic E-state index is 12.3. The average Bonchev–Trinajstić information content (AvgIpc) is 2.55. The number of hydrogen-bond acceptors (Lipinski definition) is 3. The summed E-state index contributed by atoms with van der Waals surface area (Å²) in [5.74, 6) is 0.197. The minimum Gasteiger partial charge on any atom is -0.450 e. The lowest BCUT2D eigenvalue weighted by Gasteiger charge is -2.32. The Morgan fingerprint density at radius 2 is 1.96 bits per heavy atom. The molecule has 126 valence electrons. The molecule has 0 aromatic heterocycles. The van der Waals surface area contributed by atoms with E-state index < -0.39 is 0 Å². The lowest BCUT2D eigenvalue weighted by Crippen LogP contribution is -2.46. The number of piperidine rings is 1. The summed E-state index contributed by atoms with van der Waals surface area (Å²) in [4.78, 5) is 25.6. The minimum absolute atomic E-state index is 0.106. The van der Waals surface area contributed by atoms with Crippen molar-refractivity contribution in [2.45, 2.75) is 45.6 Å². The fraction of sp³-hybridized carbons (Fsp3) is 0.556. The van der Waals surface area contributed by atoms with Gasteiger partial charge in [0.05, 0.1) is 6.61 Å². The van der Waals surface area contributed by atoms with E-state index in [-0.39, 0.29) is 18.0 Å². The van der Waals surface area contributed by atoms with Crippen LogP contribution in [0.5, 0.6) is 0 Å². The van der Waals surface area contributed by atoms with Gasteiger partial charge < -0.3 is 15.0 Å². The van der Waals surface area contributed by atoms with Crippen LogP contribution in [0.25, 0.3) is 0 Å². The molecule has 0 saturated carbocycles. The Hall–Kier alpha value is -2.04. The summed E-state index contributed by atoms with van der Waals surface area (Å²) in [6, 6.07) is 8.29. The number of amides is 2. The number of alkyl carbamates (subject to hydrolysis) is 1. The fourth-order valence-electron chi connectivity index (χ4n) is 2.90. The molecule has 1 saturated heterocycles. The molecular weight excluding hydrogens is 292 g/mol. The van der Waals surface area contributed by atoms with Crippen LogP contribution in [0.15, 0.2) is 24.3 Å². The first-order valence-electron chi connectivity index (χ1n) is 8.35. The van der Waals surface area contributed by atoms with Crippen molar-refractivity contribution in [2.24, 2.45) is 0 Å². The SMILES string of the molecule is CCOC(=O)NC1CCN(C(=O)CCc2ccccc2C)CC1. The Morgan fingerprint density at radius 1 is 1.26 bits per heavy atom. The zero-order valence-electron chi connectivity index (χ0n) is 14.0. The molecule has 23 heavy (non-hydrogen) atoms. The van der Waals surface area contributed by atoms with E-state index in [9.17, 15) is 9.59 Å². The third-order valence-corrected chi connectivity index (χ3v) is 4.31. The van der Waals surface area contributed by atoms with E-state index in [2.05, 4.69) is 24.4 Å². The summed E-state index contributed by atoms with van der Waals surface area (Å²) in [5, 5.41) is 2.85. The van der Waals surface area contributed by atoms with Crippen LogP contribution in [-0.4, -0.2) is 42.6 Å². The van der Waals surface area contributed by atoms with Crippen molar-refractivity contribution in [1.82, 2.24) is 10.2 Å². The van der Waals surface area contributed by atoms with Gasteiger partial charge in [0.15, 0.2) is 0 Å². The lowest BCUT2D eigenvalue weighted by molar-refractivity contribution is -0.132. The summed E-state index contributed by atoms with van der Waals surface area (Å²) in [7, 11) is 0. The topological polar surface area (TPSA) is 58.6 Å². The number of likely N-dealkylation sites (tertiary alicyclic amines) is 1. The molecule has 5 nitrogen and oxygen atoms in total. The van der Waals surface area contributed by atoms with Crippen molar-refractivity contribution in [3.8, 4) is 0 Å². The van der Waals surface area contributed by atoms with E-state index in [4.69, 9.17) is 4.74 Å². The summed E-state index contributed by atoms with van der Waals surface area (Å²) >= 11 is 0. The zero-order valence-corrected chi connectivity index (χ0v) is 14.0. The molecule has 0 aliphatic carbocycles.